The number of primary amides is 1. The minimum Gasteiger partial charge on any atom is -0.456 e. The lowest BCUT2D eigenvalue weighted by atomic mass is 10.2. The topological polar surface area (TPSA) is 52.3 Å². The monoisotopic (exact) mass is 373 g/mol. The molecule has 2 aromatic rings. The van der Waals surface area contributed by atoms with E-state index in [4.69, 9.17) is 22.1 Å². The summed E-state index contributed by atoms with van der Waals surface area (Å²) in [7, 11) is 0. The van der Waals surface area contributed by atoms with E-state index in [1.807, 2.05) is 24.3 Å². The lowest BCUT2D eigenvalue weighted by Crippen LogP contribution is -2.12. The first-order valence-electron chi connectivity index (χ1n) is 5.09. The maximum atomic E-state index is 11.3. The Bertz CT molecular complexity index is 584. The average molecular weight is 374 g/mol. The highest BCUT2D eigenvalue weighted by atomic mass is 127. The van der Waals surface area contributed by atoms with Gasteiger partial charge in [0, 0.05) is 3.57 Å². The van der Waals surface area contributed by atoms with Crippen molar-refractivity contribution in [3.63, 3.8) is 0 Å². The molecule has 0 aliphatic carbocycles. The molecule has 0 saturated carbocycles. The molecule has 0 fully saturated rings. The van der Waals surface area contributed by atoms with E-state index in [2.05, 4.69) is 22.6 Å². The number of rotatable bonds is 3. The van der Waals surface area contributed by atoms with E-state index < -0.39 is 5.91 Å². The third-order valence-corrected chi connectivity index (χ3v) is 3.30. The van der Waals surface area contributed by atoms with Crippen molar-refractivity contribution in [1.82, 2.24) is 0 Å². The summed E-state index contributed by atoms with van der Waals surface area (Å²) in [5, 5.41) is 0.283. The standard InChI is InChI=1S/C13H9ClINO2/c14-10-2-1-3-11(12(10)13(16)17)18-9-6-4-8(15)5-7-9/h1-7H,(H2,16,17). The summed E-state index contributed by atoms with van der Waals surface area (Å²) in [6.45, 7) is 0. The van der Waals surface area contributed by atoms with Crippen molar-refractivity contribution in [2.24, 2.45) is 5.73 Å². The normalized spacial score (nSPS) is 10.1. The van der Waals surface area contributed by atoms with Gasteiger partial charge in [-0.15, -0.1) is 0 Å². The van der Waals surface area contributed by atoms with Crippen LogP contribution in [-0.2, 0) is 0 Å². The molecule has 0 atom stereocenters. The maximum absolute atomic E-state index is 11.3. The zero-order valence-electron chi connectivity index (χ0n) is 9.19. The largest absolute Gasteiger partial charge is 0.456 e. The molecule has 2 N–H and O–H groups in total. The van der Waals surface area contributed by atoms with Gasteiger partial charge in [0.05, 0.1) is 5.02 Å². The predicted octanol–water partition coefficient (Wildman–Crippen LogP) is 3.84. The highest BCUT2D eigenvalue weighted by molar-refractivity contribution is 14.1. The molecule has 0 aliphatic heterocycles. The van der Waals surface area contributed by atoms with Crippen LogP contribution in [0.5, 0.6) is 11.5 Å². The van der Waals surface area contributed by atoms with E-state index in [1.165, 1.54) is 0 Å². The zero-order valence-corrected chi connectivity index (χ0v) is 12.1. The predicted molar refractivity (Wildman–Crippen MR) is 79.2 cm³/mol. The molecule has 0 radical (unpaired) electrons. The van der Waals surface area contributed by atoms with Gasteiger partial charge >= 0.3 is 0 Å². The van der Waals surface area contributed by atoms with E-state index in [1.54, 1.807) is 18.2 Å². The Morgan fingerprint density at radius 2 is 1.83 bits per heavy atom. The molecule has 0 aromatic heterocycles. The molecular weight excluding hydrogens is 365 g/mol. The number of carbonyl (C=O) groups excluding carboxylic acids is 1. The first kappa shape index (κ1) is 13.2. The van der Waals surface area contributed by atoms with E-state index in [-0.39, 0.29) is 10.6 Å². The van der Waals surface area contributed by atoms with Crippen molar-refractivity contribution >= 4 is 40.1 Å². The molecule has 92 valence electrons. The molecule has 0 aliphatic rings. The first-order valence-corrected chi connectivity index (χ1v) is 6.55. The van der Waals surface area contributed by atoms with Crippen LogP contribution in [0.25, 0.3) is 0 Å². The van der Waals surface area contributed by atoms with E-state index in [9.17, 15) is 4.79 Å². The van der Waals surface area contributed by atoms with Crippen molar-refractivity contribution in [2.75, 3.05) is 0 Å². The molecule has 0 spiro atoms. The molecule has 0 heterocycles. The third-order valence-electron chi connectivity index (χ3n) is 2.26. The van der Waals surface area contributed by atoms with Crippen LogP contribution in [0, 0.1) is 3.57 Å². The molecular formula is C13H9ClINO2. The van der Waals surface area contributed by atoms with Crippen molar-refractivity contribution in [3.05, 3.63) is 56.6 Å². The molecule has 0 saturated heterocycles. The summed E-state index contributed by atoms with van der Waals surface area (Å²) in [6, 6.07) is 12.4. The van der Waals surface area contributed by atoms with Crippen LogP contribution in [-0.4, -0.2) is 5.91 Å². The molecule has 1 amide bonds. The average Bonchev–Trinajstić information content (AvgIpc) is 2.32. The van der Waals surface area contributed by atoms with Crippen molar-refractivity contribution < 1.29 is 9.53 Å². The molecule has 0 unspecified atom stereocenters. The number of hydrogen-bond acceptors (Lipinski definition) is 2. The SMILES string of the molecule is NC(=O)c1c(Cl)cccc1Oc1ccc(I)cc1. The molecule has 2 aromatic carbocycles. The summed E-state index contributed by atoms with van der Waals surface area (Å²) in [6.07, 6.45) is 0. The molecule has 0 bridgehead atoms. The molecule has 18 heavy (non-hydrogen) atoms. The van der Waals surface area contributed by atoms with Crippen LogP contribution >= 0.6 is 34.2 Å². The third kappa shape index (κ3) is 2.94. The summed E-state index contributed by atoms with van der Waals surface area (Å²) in [5.41, 5.74) is 5.48. The van der Waals surface area contributed by atoms with Gasteiger partial charge in [-0.25, -0.2) is 0 Å². The summed E-state index contributed by atoms with van der Waals surface area (Å²) in [5.74, 6) is 0.373. The fourth-order valence-electron chi connectivity index (χ4n) is 1.46. The first-order chi connectivity index (χ1) is 8.58. The second-order valence-electron chi connectivity index (χ2n) is 3.53. The number of nitrogens with two attached hydrogens (primary N) is 1. The fraction of sp³-hybridized carbons (Fsp3) is 0. The second kappa shape index (κ2) is 5.58. The quantitative estimate of drug-likeness (QED) is 0.831. The number of hydrogen-bond donors (Lipinski definition) is 1. The van der Waals surface area contributed by atoms with Gasteiger partial charge in [0.2, 0.25) is 0 Å². The van der Waals surface area contributed by atoms with Crippen LogP contribution < -0.4 is 10.5 Å². The minimum atomic E-state index is -0.610. The lowest BCUT2D eigenvalue weighted by Gasteiger charge is -2.10. The zero-order chi connectivity index (χ0) is 13.1. The van der Waals surface area contributed by atoms with Crippen LogP contribution in [0.15, 0.2) is 42.5 Å². The van der Waals surface area contributed by atoms with Crippen molar-refractivity contribution in [1.29, 1.82) is 0 Å². The number of benzene rings is 2. The number of carbonyl (C=O) groups is 1. The highest BCUT2D eigenvalue weighted by Crippen LogP contribution is 2.30. The fourth-order valence-corrected chi connectivity index (χ4v) is 2.08. The van der Waals surface area contributed by atoms with Crippen LogP contribution in [0.4, 0.5) is 0 Å². The number of ether oxygens (including phenoxy) is 1. The second-order valence-corrected chi connectivity index (χ2v) is 5.19. The Morgan fingerprint density at radius 1 is 1.17 bits per heavy atom. The lowest BCUT2D eigenvalue weighted by molar-refractivity contribution is 0.0998. The van der Waals surface area contributed by atoms with Crippen molar-refractivity contribution in [3.8, 4) is 11.5 Å². The number of amides is 1. The van der Waals surface area contributed by atoms with Gasteiger partial charge in [-0.05, 0) is 59.0 Å². The smallest absolute Gasteiger partial charge is 0.254 e. The summed E-state index contributed by atoms with van der Waals surface area (Å²) in [4.78, 5) is 11.3. The molecule has 2 rings (SSSR count). The van der Waals surface area contributed by atoms with Crippen LogP contribution in [0.1, 0.15) is 10.4 Å². The van der Waals surface area contributed by atoms with E-state index in [0.717, 1.165) is 3.57 Å². The highest BCUT2D eigenvalue weighted by Gasteiger charge is 2.14. The Morgan fingerprint density at radius 3 is 2.44 bits per heavy atom. The molecule has 3 nitrogen and oxygen atoms in total. The van der Waals surface area contributed by atoms with Gasteiger partial charge in [0.1, 0.15) is 17.1 Å². The van der Waals surface area contributed by atoms with Gasteiger partial charge in [-0.3, -0.25) is 4.79 Å². The van der Waals surface area contributed by atoms with Gasteiger partial charge in [-0.1, -0.05) is 17.7 Å². The van der Waals surface area contributed by atoms with Crippen molar-refractivity contribution in [2.45, 2.75) is 0 Å². The van der Waals surface area contributed by atoms with Gasteiger partial charge in [0.15, 0.2) is 0 Å². The van der Waals surface area contributed by atoms with E-state index in [0.29, 0.717) is 11.5 Å². The Balaban J connectivity index is 2.37. The number of halogens is 2. The van der Waals surface area contributed by atoms with Gasteiger partial charge in [-0.2, -0.15) is 0 Å². The summed E-state index contributed by atoms with van der Waals surface area (Å²) >= 11 is 8.13. The van der Waals surface area contributed by atoms with Crippen LogP contribution in [0.2, 0.25) is 5.02 Å². The summed E-state index contributed by atoms with van der Waals surface area (Å²) < 4.78 is 6.72. The Hall–Kier alpha value is -1.27. The van der Waals surface area contributed by atoms with Gasteiger partial charge < -0.3 is 10.5 Å². The minimum absolute atomic E-state index is 0.192. The van der Waals surface area contributed by atoms with E-state index >= 15 is 0 Å². The van der Waals surface area contributed by atoms with Crippen LogP contribution in [0.3, 0.4) is 0 Å². The molecule has 5 heteroatoms. The maximum Gasteiger partial charge on any atom is 0.254 e. The Kier molecular flexibility index (Phi) is 4.08. The van der Waals surface area contributed by atoms with Gasteiger partial charge in [0.25, 0.3) is 5.91 Å². The Labute approximate surface area is 123 Å².